The molecule has 20 heavy (non-hydrogen) atoms. The molecule has 3 heterocycles. The van der Waals surface area contributed by atoms with E-state index in [1.54, 1.807) is 0 Å². The molecular weight excluding hydrogens is 266 g/mol. The fourth-order valence-corrected chi connectivity index (χ4v) is 4.19. The van der Waals surface area contributed by atoms with Gasteiger partial charge in [0.1, 0.15) is 11.3 Å². The third-order valence-electron chi connectivity index (χ3n) is 3.81. The van der Waals surface area contributed by atoms with Crippen molar-refractivity contribution in [1.29, 1.82) is 0 Å². The third kappa shape index (κ3) is 3.00. The van der Waals surface area contributed by atoms with E-state index >= 15 is 0 Å². The Kier molecular flexibility index (Phi) is 4.29. The number of rotatable bonds is 4. The highest BCUT2D eigenvalue weighted by molar-refractivity contribution is 7.99. The minimum absolute atomic E-state index is 0.618. The minimum Gasteiger partial charge on any atom is -0.312 e. The first-order chi connectivity index (χ1) is 9.74. The number of thioether (sulfide) groups is 1. The van der Waals surface area contributed by atoms with Gasteiger partial charge >= 0.3 is 0 Å². The quantitative estimate of drug-likeness (QED) is 0.855. The van der Waals surface area contributed by atoms with Gasteiger partial charge in [-0.25, -0.2) is 9.97 Å². The molecular formula is C16H23N3S. The van der Waals surface area contributed by atoms with Gasteiger partial charge in [0.2, 0.25) is 0 Å². The zero-order valence-electron chi connectivity index (χ0n) is 12.4. The lowest BCUT2D eigenvalue weighted by atomic mass is 10.1. The lowest BCUT2D eigenvalue weighted by molar-refractivity contribution is 0.509. The van der Waals surface area contributed by atoms with Gasteiger partial charge in [-0.2, -0.15) is 11.8 Å². The normalized spacial score (nSPS) is 19.9. The topological polar surface area (TPSA) is 30.7 Å². The van der Waals surface area contributed by atoms with Crippen LogP contribution in [-0.2, 0) is 13.0 Å². The molecule has 2 aromatic heterocycles. The van der Waals surface area contributed by atoms with Crippen LogP contribution in [0, 0.1) is 5.92 Å². The summed E-state index contributed by atoms with van der Waals surface area (Å²) in [5.74, 6) is 3.16. The van der Waals surface area contributed by atoms with Crippen molar-refractivity contribution in [3.63, 3.8) is 0 Å². The molecule has 1 aliphatic rings. The van der Waals surface area contributed by atoms with E-state index in [0.29, 0.717) is 5.92 Å². The van der Waals surface area contributed by atoms with Gasteiger partial charge in [0.05, 0.1) is 0 Å². The molecule has 0 N–H and O–H groups in total. The van der Waals surface area contributed by atoms with Gasteiger partial charge in [-0.05, 0) is 36.6 Å². The van der Waals surface area contributed by atoms with Crippen molar-refractivity contribution < 1.29 is 0 Å². The molecule has 0 amide bonds. The summed E-state index contributed by atoms with van der Waals surface area (Å²) in [6, 6.07) is 4.06. The number of fused-ring (bicyclic) bond motifs is 1. The predicted octanol–water partition coefficient (Wildman–Crippen LogP) is 3.92. The molecule has 0 aliphatic carbocycles. The maximum Gasteiger partial charge on any atom is 0.159 e. The molecule has 4 heteroatoms. The van der Waals surface area contributed by atoms with Gasteiger partial charge in [-0.1, -0.05) is 20.3 Å². The second-order valence-electron chi connectivity index (χ2n) is 6.07. The number of nitrogens with zero attached hydrogens (tertiary/aromatic N) is 3. The molecule has 1 aliphatic heterocycles. The molecule has 1 unspecified atom stereocenters. The van der Waals surface area contributed by atoms with Crippen LogP contribution in [-0.4, -0.2) is 25.5 Å². The molecule has 3 nitrogen and oxygen atoms in total. The summed E-state index contributed by atoms with van der Waals surface area (Å²) in [5, 5.41) is 0.742. The molecule has 1 atom stereocenters. The van der Waals surface area contributed by atoms with Crippen molar-refractivity contribution in [2.45, 2.75) is 51.3 Å². The zero-order chi connectivity index (χ0) is 13.9. The first-order valence-corrected chi connectivity index (χ1v) is 8.70. The molecule has 108 valence electrons. The van der Waals surface area contributed by atoms with Gasteiger partial charge in [0.25, 0.3) is 0 Å². The lowest BCUT2D eigenvalue weighted by Crippen LogP contribution is -2.17. The minimum atomic E-state index is 0.618. The van der Waals surface area contributed by atoms with Crippen molar-refractivity contribution in [1.82, 2.24) is 14.5 Å². The Morgan fingerprint density at radius 2 is 2.30 bits per heavy atom. The van der Waals surface area contributed by atoms with E-state index in [4.69, 9.17) is 4.98 Å². The zero-order valence-corrected chi connectivity index (χ0v) is 13.2. The first-order valence-electron chi connectivity index (χ1n) is 7.66. The van der Waals surface area contributed by atoms with Crippen LogP contribution in [0.15, 0.2) is 18.3 Å². The van der Waals surface area contributed by atoms with Crippen LogP contribution >= 0.6 is 11.8 Å². The Labute approximate surface area is 125 Å². The van der Waals surface area contributed by atoms with E-state index in [1.165, 1.54) is 30.8 Å². The summed E-state index contributed by atoms with van der Waals surface area (Å²) in [7, 11) is 0. The summed E-state index contributed by atoms with van der Waals surface area (Å²) in [6.07, 6.45) is 7.06. The van der Waals surface area contributed by atoms with E-state index in [1.807, 2.05) is 12.3 Å². The first kappa shape index (κ1) is 13.9. The maximum atomic E-state index is 4.85. The molecule has 3 rings (SSSR count). The lowest BCUT2D eigenvalue weighted by Gasteiger charge is -2.21. The number of imidazole rings is 1. The maximum absolute atomic E-state index is 4.85. The molecule has 1 fully saturated rings. The average Bonchev–Trinajstić information content (AvgIpc) is 2.78. The number of aromatic nitrogens is 3. The van der Waals surface area contributed by atoms with Crippen molar-refractivity contribution in [2.75, 3.05) is 5.75 Å². The molecule has 0 radical (unpaired) electrons. The highest BCUT2D eigenvalue weighted by Gasteiger charge is 2.19. The number of pyridine rings is 1. The van der Waals surface area contributed by atoms with Crippen LogP contribution < -0.4 is 0 Å². The van der Waals surface area contributed by atoms with Crippen molar-refractivity contribution >= 4 is 22.9 Å². The van der Waals surface area contributed by atoms with E-state index in [0.717, 1.165) is 29.4 Å². The highest BCUT2D eigenvalue weighted by Crippen LogP contribution is 2.28. The number of hydrogen-bond donors (Lipinski definition) is 0. The molecule has 0 saturated carbocycles. The second-order valence-corrected chi connectivity index (χ2v) is 7.48. The Bertz CT molecular complexity index is 570. The van der Waals surface area contributed by atoms with Crippen LogP contribution in [0.4, 0.5) is 0 Å². The van der Waals surface area contributed by atoms with Crippen LogP contribution in [0.2, 0.25) is 0 Å². The second kappa shape index (κ2) is 6.17. The van der Waals surface area contributed by atoms with Crippen molar-refractivity contribution in [2.24, 2.45) is 5.92 Å². The van der Waals surface area contributed by atoms with Crippen LogP contribution in [0.1, 0.15) is 38.9 Å². The van der Waals surface area contributed by atoms with Crippen molar-refractivity contribution in [3.8, 4) is 0 Å². The summed E-state index contributed by atoms with van der Waals surface area (Å²) in [4.78, 5) is 9.39. The Morgan fingerprint density at radius 1 is 1.40 bits per heavy atom. The predicted molar refractivity (Wildman–Crippen MR) is 86.2 cm³/mol. The fraction of sp³-hybridized carbons (Fsp3) is 0.625. The van der Waals surface area contributed by atoms with E-state index < -0.39 is 0 Å². The van der Waals surface area contributed by atoms with Crippen LogP contribution in [0.25, 0.3) is 11.2 Å². The monoisotopic (exact) mass is 289 g/mol. The van der Waals surface area contributed by atoms with Crippen molar-refractivity contribution in [3.05, 3.63) is 24.2 Å². The molecule has 0 aromatic carbocycles. The van der Waals surface area contributed by atoms with E-state index in [2.05, 4.69) is 41.2 Å². The van der Waals surface area contributed by atoms with Gasteiger partial charge in [-0.15, -0.1) is 0 Å². The largest absolute Gasteiger partial charge is 0.312 e. The third-order valence-corrected chi connectivity index (χ3v) is 5.21. The number of hydrogen-bond acceptors (Lipinski definition) is 3. The van der Waals surface area contributed by atoms with Crippen LogP contribution in [0.3, 0.4) is 0 Å². The smallest absolute Gasteiger partial charge is 0.159 e. The fourth-order valence-electron chi connectivity index (χ4n) is 2.89. The van der Waals surface area contributed by atoms with Crippen LogP contribution in [0.5, 0.6) is 0 Å². The van der Waals surface area contributed by atoms with E-state index in [-0.39, 0.29) is 0 Å². The highest BCUT2D eigenvalue weighted by atomic mass is 32.2. The standard InChI is InChI=1S/C16H23N3S/c1-12(2)11-19-15(10-13-6-3-4-9-20-13)18-14-7-5-8-17-16(14)19/h5,7-8,12-13H,3-4,6,9-11H2,1-2H3. The van der Waals surface area contributed by atoms with Gasteiger partial charge in [-0.3, -0.25) is 0 Å². The van der Waals surface area contributed by atoms with E-state index in [9.17, 15) is 0 Å². The average molecular weight is 289 g/mol. The summed E-state index contributed by atoms with van der Waals surface area (Å²) >= 11 is 2.12. The van der Waals surface area contributed by atoms with Gasteiger partial charge < -0.3 is 4.57 Å². The SMILES string of the molecule is CC(C)Cn1c(CC2CCCCS2)nc2cccnc21. The van der Waals surface area contributed by atoms with Gasteiger partial charge in [0, 0.05) is 24.4 Å². The summed E-state index contributed by atoms with van der Waals surface area (Å²) in [5.41, 5.74) is 2.10. The molecule has 0 bridgehead atoms. The Balaban J connectivity index is 1.91. The Hall–Kier alpha value is -1.03. The summed E-state index contributed by atoms with van der Waals surface area (Å²) < 4.78 is 2.34. The Morgan fingerprint density at radius 3 is 3.05 bits per heavy atom. The van der Waals surface area contributed by atoms with Gasteiger partial charge in [0.15, 0.2) is 5.65 Å². The molecule has 2 aromatic rings. The summed E-state index contributed by atoms with van der Waals surface area (Å²) in [6.45, 7) is 5.53. The molecule has 0 spiro atoms. The molecule has 1 saturated heterocycles.